The van der Waals surface area contributed by atoms with E-state index in [1.807, 2.05) is 6.07 Å². The van der Waals surface area contributed by atoms with Gasteiger partial charge in [-0.05, 0) is 40.8 Å². The Hall–Kier alpha value is -2.75. The Balaban J connectivity index is 1.63. The number of sulfonamides is 1. The number of carboxylic acid groups (broad SMARTS) is 1. The van der Waals surface area contributed by atoms with Gasteiger partial charge in [0.15, 0.2) is 0 Å². The number of rotatable bonds is 7. The molecule has 0 aliphatic carbocycles. The molecule has 2 aromatic rings. The van der Waals surface area contributed by atoms with Crippen LogP contribution in [0.5, 0.6) is 0 Å². The van der Waals surface area contributed by atoms with Crippen LogP contribution in [-0.2, 0) is 45.5 Å². The molecule has 4 N–H and O–H groups in total. The number of carboxylic acids is 1. The number of aliphatic carboxylic acids is 1. The molecule has 0 spiro atoms. The minimum Gasteiger partial charge on any atom is -0.481 e. The molecule has 0 atom stereocenters. The fourth-order valence-corrected chi connectivity index (χ4v) is 4.24. The summed E-state index contributed by atoms with van der Waals surface area (Å²) in [6.07, 6.45) is 0.561. The van der Waals surface area contributed by atoms with Crippen molar-refractivity contribution in [2.45, 2.75) is 30.8 Å². The molecule has 0 unspecified atom stereocenters. The molecular formula is C20H23N3O5S. The smallest absolute Gasteiger partial charge is 0.307 e. The third-order valence-corrected chi connectivity index (χ3v) is 6.29. The topological polar surface area (TPSA) is 130 Å². The van der Waals surface area contributed by atoms with E-state index < -0.39 is 16.0 Å². The van der Waals surface area contributed by atoms with Gasteiger partial charge in [-0.25, -0.2) is 13.1 Å². The Morgan fingerprint density at radius 3 is 2.41 bits per heavy atom. The minimum atomic E-state index is -3.80. The number of nitrogens with one attached hydrogen (secondary N) is 1. The van der Waals surface area contributed by atoms with E-state index in [0.717, 1.165) is 16.7 Å². The van der Waals surface area contributed by atoms with Crippen LogP contribution in [0.15, 0.2) is 47.4 Å². The van der Waals surface area contributed by atoms with E-state index in [0.29, 0.717) is 31.6 Å². The highest BCUT2D eigenvalue weighted by Crippen LogP contribution is 2.21. The number of benzene rings is 2. The molecule has 0 fully saturated rings. The second kappa shape index (κ2) is 8.73. The molecule has 9 heteroatoms. The molecule has 154 valence electrons. The quantitative estimate of drug-likeness (QED) is 0.606. The predicted molar refractivity (Wildman–Crippen MR) is 106 cm³/mol. The molecule has 0 saturated carbocycles. The van der Waals surface area contributed by atoms with Crippen molar-refractivity contribution in [1.82, 2.24) is 9.62 Å². The number of carbonyl (C=O) groups is 2. The number of hydrogen-bond donors (Lipinski definition) is 3. The fraction of sp³-hybridized carbons (Fsp3) is 0.300. The van der Waals surface area contributed by atoms with Gasteiger partial charge in [-0.15, -0.1) is 0 Å². The highest BCUT2D eigenvalue weighted by atomic mass is 32.2. The van der Waals surface area contributed by atoms with Crippen LogP contribution in [0.2, 0.25) is 0 Å². The zero-order valence-electron chi connectivity index (χ0n) is 15.8. The van der Waals surface area contributed by atoms with E-state index in [9.17, 15) is 18.0 Å². The average molecular weight is 417 g/mol. The van der Waals surface area contributed by atoms with Gasteiger partial charge in [0, 0.05) is 19.6 Å². The van der Waals surface area contributed by atoms with Gasteiger partial charge in [-0.2, -0.15) is 0 Å². The van der Waals surface area contributed by atoms with Gasteiger partial charge in [-0.1, -0.05) is 30.3 Å². The van der Waals surface area contributed by atoms with Crippen molar-refractivity contribution in [3.63, 3.8) is 0 Å². The molecule has 3 rings (SSSR count). The second-order valence-electron chi connectivity index (χ2n) is 6.91. The minimum absolute atomic E-state index is 0.0739. The maximum atomic E-state index is 12.5. The summed E-state index contributed by atoms with van der Waals surface area (Å²) < 4.78 is 27.1. The number of amides is 1. The first-order chi connectivity index (χ1) is 13.8. The average Bonchev–Trinajstić information content (AvgIpc) is 2.71. The Morgan fingerprint density at radius 2 is 1.76 bits per heavy atom. The summed E-state index contributed by atoms with van der Waals surface area (Å²) in [7, 11) is -3.80. The summed E-state index contributed by atoms with van der Waals surface area (Å²) in [5.41, 5.74) is 8.97. The third-order valence-electron chi connectivity index (χ3n) is 4.87. The zero-order valence-corrected chi connectivity index (χ0v) is 16.6. The van der Waals surface area contributed by atoms with E-state index >= 15 is 0 Å². The zero-order chi connectivity index (χ0) is 21.0. The second-order valence-corrected chi connectivity index (χ2v) is 8.68. The first-order valence-corrected chi connectivity index (χ1v) is 10.7. The van der Waals surface area contributed by atoms with Crippen molar-refractivity contribution < 1.29 is 23.1 Å². The molecule has 1 amide bonds. The lowest BCUT2D eigenvalue weighted by Gasteiger charge is -2.29. The molecule has 0 aromatic heterocycles. The predicted octanol–water partition coefficient (Wildman–Crippen LogP) is 0.636. The summed E-state index contributed by atoms with van der Waals surface area (Å²) in [5.74, 6) is -1.25. The molecule has 0 radical (unpaired) electrons. The normalized spacial score (nSPS) is 13.8. The van der Waals surface area contributed by atoms with Crippen LogP contribution in [0.4, 0.5) is 0 Å². The van der Waals surface area contributed by atoms with Gasteiger partial charge in [0.1, 0.15) is 0 Å². The van der Waals surface area contributed by atoms with Gasteiger partial charge in [0.05, 0.1) is 17.9 Å². The van der Waals surface area contributed by atoms with E-state index in [2.05, 4.69) is 4.72 Å². The number of nitrogens with zero attached hydrogens (tertiary/aromatic N) is 1. The summed E-state index contributed by atoms with van der Waals surface area (Å²) in [6, 6.07) is 11.6. The molecular weight excluding hydrogens is 394 g/mol. The third kappa shape index (κ3) is 5.20. The standard InChI is InChI=1S/C20H23N3O5S/c21-11-14-2-5-18(6-3-14)29(27,28)22-12-19(24)23-8-7-16-4-1-15(10-20(25)26)9-17(16)13-23/h1-6,9,22H,7-8,10-13,21H2,(H,25,26). The Kier molecular flexibility index (Phi) is 6.31. The van der Waals surface area contributed by atoms with E-state index in [1.54, 1.807) is 29.2 Å². The van der Waals surface area contributed by atoms with E-state index in [1.165, 1.54) is 12.1 Å². The lowest BCUT2D eigenvalue weighted by Crippen LogP contribution is -2.42. The van der Waals surface area contributed by atoms with Crippen LogP contribution in [-0.4, -0.2) is 43.4 Å². The number of carbonyl (C=O) groups excluding carboxylic acids is 1. The summed E-state index contributed by atoms with van der Waals surface area (Å²) in [5, 5.41) is 8.94. The van der Waals surface area contributed by atoms with Crippen molar-refractivity contribution in [2.75, 3.05) is 13.1 Å². The molecule has 2 aromatic carbocycles. The largest absolute Gasteiger partial charge is 0.481 e. The summed E-state index contributed by atoms with van der Waals surface area (Å²) in [4.78, 5) is 25.1. The van der Waals surface area contributed by atoms with Crippen molar-refractivity contribution in [3.05, 3.63) is 64.7 Å². The van der Waals surface area contributed by atoms with Crippen LogP contribution in [0.1, 0.15) is 22.3 Å². The van der Waals surface area contributed by atoms with E-state index in [-0.39, 0.29) is 23.8 Å². The molecule has 8 nitrogen and oxygen atoms in total. The van der Waals surface area contributed by atoms with Gasteiger partial charge in [0.25, 0.3) is 0 Å². The lowest BCUT2D eigenvalue weighted by atomic mass is 9.96. The van der Waals surface area contributed by atoms with Crippen LogP contribution >= 0.6 is 0 Å². The van der Waals surface area contributed by atoms with Crippen molar-refractivity contribution >= 4 is 21.9 Å². The molecule has 1 heterocycles. The van der Waals surface area contributed by atoms with Crippen LogP contribution < -0.4 is 10.5 Å². The highest BCUT2D eigenvalue weighted by molar-refractivity contribution is 7.89. The first-order valence-electron chi connectivity index (χ1n) is 9.17. The van der Waals surface area contributed by atoms with Gasteiger partial charge in [-0.3, -0.25) is 9.59 Å². The SMILES string of the molecule is NCc1ccc(S(=O)(=O)NCC(=O)N2CCc3ccc(CC(=O)O)cc3C2)cc1. The summed E-state index contributed by atoms with van der Waals surface area (Å²) in [6.45, 7) is 0.785. The highest BCUT2D eigenvalue weighted by Gasteiger charge is 2.23. The maximum absolute atomic E-state index is 12.5. The molecule has 29 heavy (non-hydrogen) atoms. The Bertz CT molecular complexity index is 1020. The summed E-state index contributed by atoms with van der Waals surface area (Å²) >= 11 is 0. The Morgan fingerprint density at radius 1 is 1.07 bits per heavy atom. The number of nitrogens with two attached hydrogens (primary N) is 1. The molecule has 1 aliphatic heterocycles. The van der Waals surface area contributed by atoms with Crippen molar-refractivity contribution in [1.29, 1.82) is 0 Å². The molecule has 0 bridgehead atoms. The molecule has 1 aliphatic rings. The van der Waals surface area contributed by atoms with Crippen molar-refractivity contribution in [3.8, 4) is 0 Å². The maximum Gasteiger partial charge on any atom is 0.307 e. The lowest BCUT2D eigenvalue weighted by molar-refractivity contribution is -0.136. The fourth-order valence-electron chi connectivity index (χ4n) is 3.26. The molecule has 0 saturated heterocycles. The van der Waals surface area contributed by atoms with Crippen molar-refractivity contribution in [2.24, 2.45) is 5.73 Å². The van der Waals surface area contributed by atoms with Crippen LogP contribution in [0.3, 0.4) is 0 Å². The first kappa shape index (κ1) is 21.0. The Labute approximate surface area is 169 Å². The van der Waals surface area contributed by atoms with E-state index in [4.69, 9.17) is 10.8 Å². The van der Waals surface area contributed by atoms with Gasteiger partial charge < -0.3 is 15.7 Å². The van der Waals surface area contributed by atoms with Crippen LogP contribution in [0.25, 0.3) is 0 Å². The van der Waals surface area contributed by atoms with Gasteiger partial charge in [0.2, 0.25) is 15.9 Å². The number of fused-ring (bicyclic) bond motifs is 1. The van der Waals surface area contributed by atoms with Crippen LogP contribution in [0, 0.1) is 0 Å². The number of hydrogen-bond acceptors (Lipinski definition) is 5. The van der Waals surface area contributed by atoms with Gasteiger partial charge >= 0.3 is 5.97 Å². The monoisotopic (exact) mass is 417 g/mol.